The fourth-order valence-electron chi connectivity index (χ4n) is 3.88. The molecule has 7 nitrogen and oxygen atoms in total. The number of nitrogens with zero attached hydrogens (tertiary/aromatic N) is 4. The van der Waals surface area contributed by atoms with Gasteiger partial charge in [0.1, 0.15) is 16.5 Å². The molecule has 0 fully saturated rings. The normalized spacial score (nSPS) is 20.1. The summed E-state index contributed by atoms with van der Waals surface area (Å²) >= 11 is -1.33. The van der Waals surface area contributed by atoms with Crippen molar-refractivity contribution in [2.45, 2.75) is 50.4 Å². The molecule has 170 valence electrons. The third-order valence-corrected chi connectivity index (χ3v) is 7.16. The molecule has 0 amide bonds. The van der Waals surface area contributed by atoms with Crippen LogP contribution in [0.2, 0.25) is 0 Å². The Bertz CT molecular complexity index is 1250. The van der Waals surface area contributed by atoms with Gasteiger partial charge >= 0.3 is 0 Å². The highest BCUT2D eigenvalue weighted by Crippen LogP contribution is 2.32. The van der Waals surface area contributed by atoms with Crippen molar-refractivity contribution in [3.05, 3.63) is 78.4 Å². The van der Waals surface area contributed by atoms with E-state index in [1.54, 1.807) is 12.3 Å². The first-order chi connectivity index (χ1) is 15.7. The molecule has 4 rings (SSSR count). The maximum atomic E-state index is 13.2. The van der Waals surface area contributed by atoms with Crippen LogP contribution in [0.3, 0.4) is 0 Å². The summed E-state index contributed by atoms with van der Waals surface area (Å²) in [5, 5.41) is 18.3. The third-order valence-electron chi connectivity index (χ3n) is 5.55. The number of para-hydroxylation sites is 1. The maximum Gasteiger partial charge on any atom is 0.136 e. The maximum absolute atomic E-state index is 13.2. The summed E-state index contributed by atoms with van der Waals surface area (Å²) in [4.78, 5) is 4.72. The van der Waals surface area contributed by atoms with Crippen LogP contribution in [0.4, 0.5) is 0 Å². The van der Waals surface area contributed by atoms with Gasteiger partial charge in [-0.3, -0.25) is 4.98 Å². The van der Waals surface area contributed by atoms with Crippen molar-refractivity contribution >= 4 is 22.3 Å². The molecule has 3 heterocycles. The van der Waals surface area contributed by atoms with E-state index in [9.17, 15) is 9.81 Å². The number of hydrogen-bond acceptors (Lipinski definition) is 6. The van der Waals surface area contributed by atoms with Gasteiger partial charge in [-0.05, 0) is 58.4 Å². The molecule has 3 atom stereocenters. The second kappa shape index (κ2) is 9.02. The van der Waals surface area contributed by atoms with Gasteiger partial charge in [0.05, 0.1) is 34.7 Å². The number of pyridine rings is 1. The highest BCUT2D eigenvalue weighted by Gasteiger charge is 2.36. The van der Waals surface area contributed by atoms with Gasteiger partial charge in [-0.25, -0.2) is 4.68 Å². The molecule has 3 aromatic rings. The largest absolute Gasteiger partial charge is 0.598 e. The Morgan fingerprint density at radius 2 is 2.06 bits per heavy atom. The molecule has 0 bridgehead atoms. The van der Waals surface area contributed by atoms with Crippen molar-refractivity contribution in [3.8, 4) is 11.8 Å². The predicted octanol–water partition coefficient (Wildman–Crippen LogP) is 4.23. The molecule has 0 spiro atoms. The number of aromatic nitrogens is 3. The van der Waals surface area contributed by atoms with Gasteiger partial charge in [-0.2, -0.15) is 10.4 Å². The summed E-state index contributed by atoms with van der Waals surface area (Å²) in [6.45, 7) is 7.83. The van der Waals surface area contributed by atoms with Gasteiger partial charge in [0.25, 0.3) is 0 Å². The molecule has 2 unspecified atom stereocenters. The van der Waals surface area contributed by atoms with E-state index in [0.29, 0.717) is 12.1 Å². The summed E-state index contributed by atoms with van der Waals surface area (Å²) in [5.41, 5.74) is 2.50. The number of nitrogens with one attached hydrogen (secondary N) is 2. The zero-order chi connectivity index (χ0) is 23.6. The SMILES string of the molecule is CC1(C[C@H](N[S+]([O-])C(C)(C)C)c2ncccc2-n2ncc3ccccc32)C=CC=C(C#N)N1. The fourth-order valence-corrected chi connectivity index (χ4v) is 4.68. The summed E-state index contributed by atoms with van der Waals surface area (Å²) in [5.74, 6) is 0. The molecule has 1 aliphatic rings. The van der Waals surface area contributed by atoms with Crippen molar-refractivity contribution in [3.63, 3.8) is 0 Å². The van der Waals surface area contributed by atoms with Crippen LogP contribution in [0.5, 0.6) is 0 Å². The van der Waals surface area contributed by atoms with E-state index in [1.165, 1.54) is 0 Å². The number of fused-ring (bicyclic) bond motifs is 1. The molecular weight excluding hydrogens is 432 g/mol. The van der Waals surface area contributed by atoms with Gasteiger partial charge in [0.15, 0.2) is 0 Å². The molecule has 8 heteroatoms. The van der Waals surface area contributed by atoms with Gasteiger partial charge in [-0.15, -0.1) is 4.72 Å². The van der Waals surface area contributed by atoms with Crippen LogP contribution in [-0.4, -0.2) is 29.6 Å². The van der Waals surface area contributed by atoms with E-state index in [0.717, 1.165) is 22.3 Å². The van der Waals surface area contributed by atoms with Crippen molar-refractivity contribution < 1.29 is 4.55 Å². The predicted molar refractivity (Wildman–Crippen MR) is 132 cm³/mol. The molecule has 1 aliphatic heterocycles. The Morgan fingerprint density at radius 1 is 1.27 bits per heavy atom. The van der Waals surface area contributed by atoms with Gasteiger partial charge in [0.2, 0.25) is 0 Å². The third kappa shape index (κ3) is 4.96. The first-order valence-corrected chi connectivity index (χ1v) is 12.0. The van der Waals surface area contributed by atoms with Crippen LogP contribution in [0.1, 0.15) is 45.9 Å². The lowest BCUT2D eigenvalue weighted by molar-refractivity contribution is 0.385. The number of nitriles is 1. The highest BCUT2D eigenvalue weighted by molar-refractivity contribution is 7.90. The summed E-state index contributed by atoms with van der Waals surface area (Å²) in [7, 11) is 0. The van der Waals surface area contributed by atoms with Crippen LogP contribution in [-0.2, 0) is 11.4 Å². The van der Waals surface area contributed by atoms with Crippen LogP contribution in [0.15, 0.2) is 72.7 Å². The van der Waals surface area contributed by atoms with E-state index < -0.39 is 21.6 Å². The van der Waals surface area contributed by atoms with E-state index in [1.807, 2.05) is 87.1 Å². The van der Waals surface area contributed by atoms with Crippen LogP contribution in [0.25, 0.3) is 16.6 Å². The fraction of sp³-hybridized carbons (Fsp3) is 0.320. The van der Waals surface area contributed by atoms with E-state index in [4.69, 9.17) is 4.98 Å². The van der Waals surface area contributed by atoms with E-state index in [2.05, 4.69) is 21.2 Å². The Hall–Kier alpha value is -3.12. The average molecular weight is 461 g/mol. The van der Waals surface area contributed by atoms with Crippen molar-refractivity contribution in [1.82, 2.24) is 24.8 Å². The zero-order valence-corrected chi connectivity index (χ0v) is 20.1. The van der Waals surface area contributed by atoms with Gasteiger partial charge < -0.3 is 9.87 Å². The van der Waals surface area contributed by atoms with Crippen LogP contribution >= 0.6 is 0 Å². The van der Waals surface area contributed by atoms with Crippen molar-refractivity contribution in [1.29, 1.82) is 5.26 Å². The standard InChI is InChI=1S/C25H28N6OS/c1-24(2,3)33(32)30-20(15-25(4)13-7-10-19(16-26)29-25)23-22(12-8-14-27-23)31-21-11-6-5-9-18(21)17-28-31/h5-14,17,20,29-30H,15H2,1-4H3/t20-,25?,33?/m0/s1. The Kier molecular flexibility index (Phi) is 6.30. The van der Waals surface area contributed by atoms with Gasteiger partial charge in [0, 0.05) is 22.9 Å². The number of rotatable bonds is 6. The molecule has 0 radical (unpaired) electrons. The minimum Gasteiger partial charge on any atom is -0.598 e. The molecular formula is C25H28N6OS. The first kappa shape index (κ1) is 23.1. The quantitative estimate of drug-likeness (QED) is 0.534. The van der Waals surface area contributed by atoms with Gasteiger partial charge in [-0.1, -0.05) is 30.4 Å². The van der Waals surface area contributed by atoms with Crippen molar-refractivity contribution in [2.75, 3.05) is 0 Å². The number of dihydropyridines is 1. The average Bonchev–Trinajstić information content (AvgIpc) is 3.22. The molecule has 0 saturated carbocycles. The lowest BCUT2D eigenvalue weighted by Gasteiger charge is -2.35. The molecule has 0 saturated heterocycles. The van der Waals surface area contributed by atoms with E-state index in [-0.39, 0.29) is 6.04 Å². The lowest BCUT2D eigenvalue weighted by Crippen LogP contribution is -2.47. The van der Waals surface area contributed by atoms with Crippen LogP contribution in [0, 0.1) is 11.3 Å². The second-order valence-electron chi connectivity index (χ2n) is 9.37. The van der Waals surface area contributed by atoms with Crippen LogP contribution < -0.4 is 10.0 Å². The number of allylic oxidation sites excluding steroid dienone is 3. The first-order valence-electron chi connectivity index (χ1n) is 10.8. The van der Waals surface area contributed by atoms with E-state index >= 15 is 0 Å². The molecule has 2 N–H and O–H groups in total. The smallest absolute Gasteiger partial charge is 0.136 e. The Morgan fingerprint density at radius 3 is 2.82 bits per heavy atom. The topological polar surface area (TPSA) is 102 Å². The lowest BCUT2D eigenvalue weighted by atomic mass is 9.89. The molecule has 1 aromatic carbocycles. The molecule has 2 aromatic heterocycles. The zero-order valence-electron chi connectivity index (χ0n) is 19.2. The summed E-state index contributed by atoms with van der Waals surface area (Å²) in [6, 6.07) is 13.7. The monoisotopic (exact) mass is 460 g/mol. The second-order valence-corrected chi connectivity index (χ2v) is 11.4. The Labute approximate surface area is 197 Å². The highest BCUT2D eigenvalue weighted by atomic mass is 32.2. The number of benzene rings is 1. The minimum absolute atomic E-state index is 0.371. The van der Waals surface area contributed by atoms with Crippen molar-refractivity contribution in [2.24, 2.45) is 0 Å². The summed E-state index contributed by atoms with van der Waals surface area (Å²) < 4.78 is 17.9. The number of hydrogen-bond donors (Lipinski definition) is 2. The molecule has 33 heavy (non-hydrogen) atoms. The molecule has 0 aliphatic carbocycles. The Balaban J connectivity index is 1.78. The summed E-state index contributed by atoms with van der Waals surface area (Å²) in [6.07, 6.45) is 9.75. The minimum atomic E-state index is -1.33.